The first-order valence-corrected chi connectivity index (χ1v) is 6.69. The van der Waals surface area contributed by atoms with Crippen LogP contribution in [0, 0.1) is 0 Å². The highest BCUT2D eigenvalue weighted by Gasteiger charge is 2.19. The Labute approximate surface area is 111 Å². The third-order valence-electron chi connectivity index (χ3n) is 3.22. The van der Waals surface area contributed by atoms with Gasteiger partial charge < -0.3 is 5.32 Å². The molecule has 1 aromatic carbocycles. The summed E-state index contributed by atoms with van der Waals surface area (Å²) in [6.45, 7) is 8.87. The van der Waals surface area contributed by atoms with E-state index in [0.29, 0.717) is 12.0 Å². The molecule has 0 amide bonds. The monoisotopic (exact) mass is 241 g/mol. The maximum atomic E-state index is 3.65. The van der Waals surface area contributed by atoms with Crippen molar-refractivity contribution in [3.63, 3.8) is 0 Å². The van der Waals surface area contributed by atoms with E-state index in [9.17, 15) is 0 Å². The summed E-state index contributed by atoms with van der Waals surface area (Å²) in [5, 5.41) is 3.65. The maximum absolute atomic E-state index is 3.65. The lowest BCUT2D eigenvalue weighted by molar-refractivity contribution is 0.377. The van der Waals surface area contributed by atoms with Gasteiger partial charge in [-0.1, -0.05) is 48.6 Å². The average Bonchev–Trinajstić information content (AvgIpc) is 2.80. The van der Waals surface area contributed by atoms with Gasteiger partial charge in [0.25, 0.3) is 0 Å². The fourth-order valence-electron chi connectivity index (χ4n) is 2.58. The van der Waals surface area contributed by atoms with Crippen LogP contribution in [-0.2, 0) is 0 Å². The third-order valence-corrected chi connectivity index (χ3v) is 3.22. The first-order chi connectivity index (χ1) is 8.47. The molecule has 0 aliphatic heterocycles. The predicted octanol–water partition coefficient (Wildman–Crippen LogP) is 4.35. The minimum Gasteiger partial charge on any atom is -0.306 e. The number of rotatable bonds is 3. The molecule has 1 unspecified atom stereocenters. The van der Waals surface area contributed by atoms with Crippen LogP contribution in [-0.4, -0.2) is 5.54 Å². The molecular weight excluding hydrogens is 218 g/mol. The second-order valence-corrected chi connectivity index (χ2v) is 6.04. The van der Waals surface area contributed by atoms with Gasteiger partial charge in [-0.2, -0.15) is 0 Å². The molecule has 0 heterocycles. The van der Waals surface area contributed by atoms with Crippen molar-refractivity contribution in [2.75, 3.05) is 0 Å². The molecule has 0 saturated heterocycles. The highest BCUT2D eigenvalue weighted by Crippen LogP contribution is 2.30. The van der Waals surface area contributed by atoms with Crippen molar-refractivity contribution in [2.45, 2.75) is 45.2 Å². The molecule has 1 aliphatic rings. The number of hydrogen-bond acceptors (Lipinski definition) is 1. The molecule has 1 aromatic rings. The van der Waals surface area contributed by atoms with Crippen LogP contribution in [0.3, 0.4) is 0 Å². The summed E-state index contributed by atoms with van der Waals surface area (Å²) in [6.07, 6.45) is 8.76. The van der Waals surface area contributed by atoms with E-state index in [2.05, 4.69) is 81.6 Å². The second kappa shape index (κ2) is 5.11. The molecule has 0 saturated carbocycles. The van der Waals surface area contributed by atoms with Crippen molar-refractivity contribution in [1.29, 1.82) is 0 Å². The van der Waals surface area contributed by atoms with E-state index >= 15 is 0 Å². The Bertz CT molecular complexity index is 451. The van der Waals surface area contributed by atoms with Gasteiger partial charge in [0, 0.05) is 17.5 Å². The largest absolute Gasteiger partial charge is 0.306 e. The Balaban J connectivity index is 2.27. The lowest BCUT2D eigenvalue weighted by Crippen LogP contribution is -2.38. The van der Waals surface area contributed by atoms with Crippen molar-refractivity contribution in [3.8, 4) is 0 Å². The highest BCUT2D eigenvalue weighted by molar-refractivity contribution is 5.41. The molecule has 96 valence electrons. The summed E-state index contributed by atoms with van der Waals surface area (Å²) < 4.78 is 0. The highest BCUT2D eigenvalue weighted by atomic mass is 15.0. The van der Waals surface area contributed by atoms with E-state index < -0.39 is 0 Å². The van der Waals surface area contributed by atoms with Gasteiger partial charge in [0.2, 0.25) is 0 Å². The van der Waals surface area contributed by atoms with Crippen LogP contribution in [0.5, 0.6) is 0 Å². The zero-order valence-corrected chi connectivity index (χ0v) is 11.8. The Morgan fingerprint density at radius 3 is 2.28 bits per heavy atom. The average molecular weight is 241 g/mol. The van der Waals surface area contributed by atoms with Gasteiger partial charge in [-0.25, -0.2) is 0 Å². The first-order valence-electron chi connectivity index (χ1n) is 6.69. The normalized spacial score (nSPS) is 17.3. The Hall–Kier alpha value is -1.34. The fraction of sp³-hybridized carbons (Fsp3) is 0.412. The van der Waals surface area contributed by atoms with Crippen LogP contribution in [0.2, 0.25) is 0 Å². The molecule has 1 atom stereocenters. The van der Waals surface area contributed by atoms with Crippen LogP contribution in [0.1, 0.15) is 50.8 Å². The van der Waals surface area contributed by atoms with Crippen LogP contribution in [0.4, 0.5) is 0 Å². The topological polar surface area (TPSA) is 12.0 Å². The number of nitrogens with one attached hydrogen (secondary N) is 1. The third kappa shape index (κ3) is 3.11. The van der Waals surface area contributed by atoms with Crippen molar-refractivity contribution < 1.29 is 0 Å². The molecule has 18 heavy (non-hydrogen) atoms. The maximum Gasteiger partial charge on any atom is 0.0299 e. The Morgan fingerprint density at radius 2 is 1.67 bits per heavy atom. The van der Waals surface area contributed by atoms with Crippen LogP contribution >= 0.6 is 0 Å². The van der Waals surface area contributed by atoms with Gasteiger partial charge in [-0.15, -0.1) is 0 Å². The molecule has 0 fully saturated rings. The quantitative estimate of drug-likeness (QED) is 0.829. The molecule has 0 aromatic heterocycles. The molecule has 1 N–H and O–H groups in total. The smallest absolute Gasteiger partial charge is 0.0299 e. The van der Waals surface area contributed by atoms with E-state index in [1.807, 2.05) is 0 Å². The molecule has 0 radical (unpaired) electrons. The van der Waals surface area contributed by atoms with Crippen LogP contribution in [0.25, 0.3) is 0 Å². The first kappa shape index (κ1) is 13.1. The summed E-state index contributed by atoms with van der Waals surface area (Å²) in [5.74, 6) is 0.436. The van der Waals surface area contributed by atoms with E-state index in [4.69, 9.17) is 0 Å². The van der Waals surface area contributed by atoms with Crippen molar-refractivity contribution >= 4 is 0 Å². The van der Waals surface area contributed by atoms with Crippen molar-refractivity contribution in [3.05, 3.63) is 59.7 Å². The number of allylic oxidation sites excluding steroid dienone is 4. The molecular formula is C17H23N. The van der Waals surface area contributed by atoms with E-state index in [-0.39, 0.29) is 5.54 Å². The lowest BCUT2D eigenvalue weighted by Gasteiger charge is -2.28. The van der Waals surface area contributed by atoms with Crippen molar-refractivity contribution in [2.24, 2.45) is 0 Å². The second-order valence-electron chi connectivity index (χ2n) is 6.04. The molecule has 2 rings (SSSR count). The minimum absolute atomic E-state index is 0.133. The summed E-state index contributed by atoms with van der Waals surface area (Å²) in [7, 11) is 0. The summed E-state index contributed by atoms with van der Waals surface area (Å²) in [4.78, 5) is 0. The van der Waals surface area contributed by atoms with E-state index in [1.165, 1.54) is 11.1 Å². The summed E-state index contributed by atoms with van der Waals surface area (Å²) in [5.41, 5.74) is 2.94. The van der Waals surface area contributed by atoms with Gasteiger partial charge in [-0.05, 0) is 38.8 Å². The van der Waals surface area contributed by atoms with Gasteiger partial charge in [-0.3, -0.25) is 0 Å². The number of benzene rings is 1. The predicted molar refractivity (Wildman–Crippen MR) is 78.8 cm³/mol. The standard InChI is InChI=1S/C17H23N/c1-13(18-17(2,3)4)15-11-7-8-12-16(15)14-9-5-6-10-14/h5-14,18H,1-4H3. The Morgan fingerprint density at radius 1 is 1.06 bits per heavy atom. The van der Waals surface area contributed by atoms with Crippen LogP contribution in [0.15, 0.2) is 48.6 Å². The van der Waals surface area contributed by atoms with Gasteiger partial charge in [0.05, 0.1) is 0 Å². The van der Waals surface area contributed by atoms with Gasteiger partial charge >= 0.3 is 0 Å². The van der Waals surface area contributed by atoms with E-state index in [1.54, 1.807) is 0 Å². The molecule has 1 aliphatic carbocycles. The fourth-order valence-corrected chi connectivity index (χ4v) is 2.58. The minimum atomic E-state index is 0.133. The van der Waals surface area contributed by atoms with Crippen molar-refractivity contribution in [1.82, 2.24) is 5.32 Å². The molecule has 0 spiro atoms. The summed E-state index contributed by atoms with van der Waals surface area (Å²) >= 11 is 0. The molecule has 0 bridgehead atoms. The van der Waals surface area contributed by atoms with E-state index in [0.717, 1.165) is 0 Å². The zero-order chi connectivity index (χ0) is 13.2. The summed E-state index contributed by atoms with van der Waals surface area (Å²) in [6, 6.07) is 9.09. The Kier molecular flexibility index (Phi) is 3.72. The lowest BCUT2D eigenvalue weighted by atomic mass is 9.91. The number of hydrogen-bond donors (Lipinski definition) is 1. The molecule has 1 nitrogen and oxygen atoms in total. The zero-order valence-electron chi connectivity index (χ0n) is 11.8. The molecule has 1 heteroatoms. The van der Waals surface area contributed by atoms with Gasteiger partial charge in [0.15, 0.2) is 0 Å². The SMILES string of the molecule is CC(NC(C)(C)C)c1ccccc1C1C=CC=C1. The van der Waals surface area contributed by atoms with Gasteiger partial charge in [0.1, 0.15) is 0 Å². The van der Waals surface area contributed by atoms with Crippen LogP contribution < -0.4 is 5.32 Å².